The number of rotatable bonds is 4. The van der Waals surface area contributed by atoms with Crippen LogP contribution >= 0.6 is 39.1 Å². The fourth-order valence-corrected chi connectivity index (χ4v) is 2.73. The monoisotopic (exact) mass is 358 g/mol. The normalized spacial score (nSPS) is 10.3. The van der Waals surface area contributed by atoms with Gasteiger partial charge in [-0.05, 0) is 34.1 Å². The highest BCUT2D eigenvalue weighted by molar-refractivity contribution is 9.10. The summed E-state index contributed by atoms with van der Waals surface area (Å²) in [6.45, 7) is 0.304. The SMILES string of the molecule is O=Cc1cc(Cl)c(OCc2ccccc2Cl)c(Br)c1. The molecule has 0 atom stereocenters. The largest absolute Gasteiger partial charge is 0.486 e. The van der Waals surface area contributed by atoms with Crippen molar-refractivity contribution < 1.29 is 9.53 Å². The second-order valence-corrected chi connectivity index (χ2v) is 5.48. The Kier molecular flexibility index (Phi) is 4.86. The molecule has 0 aromatic heterocycles. The summed E-state index contributed by atoms with van der Waals surface area (Å²) in [6, 6.07) is 10.6. The van der Waals surface area contributed by atoms with E-state index in [0.29, 0.717) is 32.4 Å². The van der Waals surface area contributed by atoms with E-state index in [4.69, 9.17) is 27.9 Å². The van der Waals surface area contributed by atoms with Gasteiger partial charge >= 0.3 is 0 Å². The molecule has 0 amide bonds. The standard InChI is InChI=1S/C14H9BrCl2O2/c15-11-5-9(7-18)6-13(17)14(11)19-8-10-3-1-2-4-12(10)16/h1-7H,8H2. The first-order valence-electron chi connectivity index (χ1n) is 5.42. The molecule has 0 radical (unpaired) electrons. The van der Waals surface area contributed by atoms with Gasteiger partial charge in [-0.15, -0.1) is 0 Å². The minimum absolute atomic E-state index is 0.304. The number of hydrogen-bond donors (Lipinski definition) is 0. The van der Waals surface area contributed by atoms with Gasteiger partial charge in [0.1, 0.15) is 12.9 Å². The molecule has 0 fully saturated rings. The number of ether oxygens (including phenoxy) is 1. The van der Waals surface area contributed by atoms with E-state index in [0.717, 1.165) is 11.8 Å². The topological polar surface area (TPSA) is 26.3 Å². The summed E-state index contributed by atoms with van der Waals surface area (Å²) >= 11 is 15.4. The first-order chi connectivity index (χ1) is 9.11. The van der Waals surface area contributed by atoms with Crippen LogP contribution in [0.25, 0.3) is 0 Å². The van der Waals surface area contributed by atoms with Gasteiger partial charge in [0, 0.05) is 16.1 Å². The molecule has 2 aromatic carbocycles. The molecule has 0 aliphatic rings. The number of halogens is 3. The highest BCUT2D eigenvalue weighted by Crippen LogP contribution is 2.35. The average molecular weight is 360 g/mol. The van der Waals surface area contributed by atoms with Crippen LogP contribution in [0.5, 0.6) is 5.75 Å². The molecule has 0 aliphatic carbocycles. The maximum atomic E-state index is 10.7. The lowest BCUT2D eigenvalue weighted by Gasteiger charge is -2.11. The number of aldehydes is 1. The van der Waals surface area contributed by atoms with Gasteiger partial charge in [-0.2, -0.15) is 0 Å². The van der Waals surface area contributed by atoms with Crippen molar-refractivity contribution in [1.82, 2.24) is 0 Å². The van der Waals surface area contributed by atoms with Crippen LogP contribution < -0.4 is 4.74 Å². The Balaban J connectivity index is 2.21. The van der Waals surface area contributed by atoms with Gasteiger partial charge in [0.15, 0.2) is 5.75 Å². The molecule has 0 heterocycles. The third kappa shape index (κ3) is 3.50. The predicted octanol–water partition coefficient (Wildman–Crippen LogP) is 5.15. The first kappa shape index (κ1) is 14.4. The van der Waals surface area contributed by atoms with Crippen molar-refractivity contribution in [1.29, 1.82) is 0 Å². The molecular weight excluding hydrogens is 351 g/mol. The quantitative estimate of drug-likeness (QED) is 0.706. The van der Waals surface area contributed by atoms with Crippen molar-refractivity contribution in [3.8, 4) is 5.75 Å². The van der Waals surface area contributed by atoms with Gasteiger partial charge in [-0.25, -0.2) is 0 Å². The van der Waals surface area contributed by atoms with Crippen LogP contribution in [0.4, 0.5) is 0 Å². The Morgan fingerprint density at radius 3 is 2.53 bits per heavy atom. The van der Waals surface area contributed by atoms with Crippen LogP contribution in [0.15, 0.2) is 40.9 Å². The van der Waals surface area contributed by atoms with Crippen molar-refractivity contribution in [3.05, 3.63) is 62.0 Å². The van der Waals surface area contributed by atoms with Gasteiger partial charge < -0.3 is 4.74 Å². The van der Waals surface area contributed by atoms with E-state index in [1.807, 2.05) is 18.2 Å². The summed E-state index contributed by atoms with van der Waals surface area (Å²) in [5, 5.41) is 1.02. The van der Waals surface area contributed by atoms with Crippen molar-refractivity contribution >= 4 is 45.4 Å². The number of hydrogen-bond acceptors (Lipinski definition) is 2. The Morgan fingerprint density at radius 2 is 1.89 bits per heavy atom. The molecule has 2 nitrogen and oxygen atoms in total. The molecule has 5 heteroatoms. The molecule has 2 aromatic rings. The fourth-order valence-electron chi connectivity index (χ4n) is 1.55. The zero-order valence-corrected chi connectivity index (χ0v) is 12.8. The number of carbonyl (C=O) groups excluding carboxylic acids is 1. The maximum Gasteiger partial charge on any atom is 0.152 e. The van der Waals surface area contributed by atoms with E-state index in [-0.39, 0.29) is 0 Å². The minimum atomic E-state index is 0.304. The third-order valence-corrected chi connectivity index (χ3v) is 3.73. The zero-order valence-electron chi connectivity index (χ0n) is 9.70. The third-order valence-electron chi connectivity index (χ3n) is 2.49. The maximum absolute atomic E-state index is 10.7. The lowest BCUT2D eigenvalue weighted by atomic mass is 10.2. The summed E-state index contributed by atoms with van der Waals surface area (Å²) in [5.41, 5.74) is 1.36. The smallest absolute Gasteiger partial charge is 0.152 e. The molecule has 98 valence electrons. The van der Waals surface area contributed by atoms with Crippen LogP contribution in [-0.2, 0) is 6.61 Å². The molecule has 0 saturated heterocycles. The predicted molar refractivity (Wildman–Crippen MR) is 80.3 cm³/mol. The van der Waals surface area contributed by atoms with Crippen LogP contribution in [-0.4, -0.2) is 6.29 Å². The van der Waals surface area contributed by atoms with Crippen molar-refractivity contribution in [2.45, 2.75) is 6.61 Å². The summed E-state index contributed by atoms with van der Waals surface area (Å²) < 4.78 is 6.29. The summed E-state index contributed by atoms with van der Waals surface area (Å²) in [7, 11) is 0. The Bertz CT molecular complexity index is 591. The molecule has 0 bridgehead atoms. The highest BCUT2D eigenvalue weighted by atomic mass is 79.9. The Labute approximate surface area is 129 Å². The van der Waals surface area contributed by atoms with Gasteiger partial charge in [0.05, 0.1) is 9.50 Å². The van der Waals surface area contributed by atoms with E-state index in [1.165, 1.54) is 0 Å². The van der Waals surface area contributed by atoms with Crippen LogP contribution in [0.3, 0.4) is 0 Å². The molecule has 0 N–H and O–H groups in total. The second-order valence-electron chi connectivity index (χ2n) is 3.81. The lowest BCUT2D eigenvalue weighted by Crippen LogP contribution is -1.98. The molecule has 0 aliphatic heterocycles. The highest BCUT2D eigenvalue weighted by Gasteiger charge is 2.10. The van der Waals surface area contributed by atoms with Gasteiger partial charge in [-0.1, -0.05) is 41.4 Å². The Morgan fingerprint density at radius 1 is 1.16 bits per heavy atom. The van der Waals surface area contributed by atoms with E-state index in [9.17, 15) is 4.79 Å². The average Bonchev–Trinajstić information content (AvgIpc) is 2.39. The Hall–Kier alpha value is -1.03. The van der Waals surface area contributed by atoms with Gasteiger partial charge in [-0.3, -0.25) is 4.79 Å². The van der Waals surface area contributed by atoms with Crippen LogP contribution in [0.2, 0.25) is 10.0 Å². The summed E-state index contributed by atoms with van der Waals surface area (Å²) in [4.78, 5) is 10.7. The van der Waals surface area contributed by atoms with Gasteiger partial charge in [0.2, 0.25) is 0 Å². The molecule has 0 unspecified atom stereocenters. The van der Waals surface area contributed by atoms with Gasteiger partial charge in [0.25, 0.3) is 0 Å². The number of carbonyl (C=O) groups is 1. The molecule has 2 rings (SSSR count). The fraction of sp³-hybridized carbons (Fsp3) is 0.0714. The molecule has 0 saturated carbocycles. The molecule has 19 heavy (non-hydrogen) atoms. The lowest BCUT2D eigenvalue weighted by molar-refractivity contribution is 0.112. The van der Waals surface area contributed by atoms with E-state index in [1.54, 1.807) is 18.2 Å². The van der Waals surface area contributed by atoms with Crippen molar-refractivity contribution in [2.75, 3.05) is 0 Å². The minimum Gasteiger partial charge on any atom is -0.486 e. The molecule has 0 spiro atoms. The molecular formula is C14H9BrCl2O2. The summed E-state index contributed by atoms with van der Waals surface area (Å²) in [5.74, 6) is 0.493. The van der Waals surface area contributed by atoms with E-state index < -0.39 is 0 Å². The van der Waals surface area contributed by atoms with Crippen LogP contribution in [0, 0.1) is 0 Å². The van der Waals surface area contributed by atoms with Crippen molar-refractivity contribution in [3.63, 3.8) is 0 Å². The van der Waals surface area contributed by atoms with Crippen molar-refractivity contribution in [2.24, 2.45) is 0 Å². The van der Waals surface area contributed by atoms with Crippen LogP contribution in [0.1, 0.15) is 15.9 Å². The number of benzene rings is 2. The van der Waals surface area contributed by atoms with E-state index in [2.05, 4.69) is 15.9 Å². The summed E-state index contributed by atoms with van der Waals surface area (Å²) in [6.07, 6.45) is 0.731. The van der Waals surface area contributed by atoms with E-state index >= 15 is 0 Å². The first-order valence-corrected chi connectivity index (χ1v) is 6.97. The zero-order chi connectivity index (χ0) is 13.8. The second kappa shape index (κ2) is 6.42.